The fourth-order valence-electron chi connectivity index (χ4n) is 5.27. The monoisotopic (exact) mass is 599 g/mol. The highest BCUT2D eigenvalue weighted by Crippen LogP contribution is 2.37. The van der Waals surface area contributed by atoms with E-state index in [2.05, 4.69) is 116 Å². The van der Waals surface area contributed by atoms with Crippen LogP contribution >= 0.6 is 0 Å². The number of aromatic nitrogens is 4. The maximum atomic E-state index is 11.7. The molecule has 9 heteroatoms. The van der Waals surface area contributed by atoms with Crippen LogP contribution in [0.5, 0.6) is 5.75 Å². The zero-order valence-corrected chi connectivity index (χ0v) is 27.3. The fourth-order valence-corrected chi connectivity index (χ4v) is 6.31. The Morgan fingerprint density at radius 2 is 1.84 bits per heavy atom. The number of nitrogens with zero attached hydrogens (tertiary/aromatic N) is 4. The van der Waals surface area contributed by atoms with E-state index in [1.54, 1.807) is 12.5 Å². The number of rotatable bonds is 13. The van der Waals surface area contributed by atoms with Crippen LogP contribution in [0.4, 0.5) is 0 Å². The number of carbonyl (C=O) groups excluding carboxylic acids is 1. The van der Waals surface area contributed by atoms with Crippen molar-refractivity contribution in [2.75, 3.05) is 13.2 Å². The molecule has 3 heterocycles. The number of ether oxygens (including phenoxy) is 1. The van der Waals surface area contributed by atoms with E-state index >= 15 is 0 Å². The lowest BCUT2D eigenvalue weighted by molar-refractivity contribution is 0.0995. The third kappa shape index (κ3) is 6.89. The Morgan fingerprint density at radius 1 is 1.05 bits per heavy atom. The van der Waals surface area contributed by atoms with Crippen molar-refractivity contribution in [2.24, 2.45) is 12.8 Å². The number of hydrogen-bond donors (Lipinski definition) is 1. The van der Waals surface area contributed by atoms with Crippen LogP contribution in [0.1, 0.15) is 55.8 Å². The highest BCUT2D eigenvalue weighted by molar-refractivity contribution is 6.74. The molecule has 1 amide bonds. The summed E-state index contributed by atoms with van der Waals surface area (Å²) in [6.07, 6.45) is 8.27. The van der Waals surface area contributed by atoms with Gasteiger partial charge in [-0.25, -0.2) is 4.98 Å². The van der Waals surface area contributed by atoms with Crippen LogP contribution in [0.3, 0.4) is 0 Å². The maximum absolute atomic E-state index is 11.7. The van der Waals surface area contributed by atoms with Crippen LogP contribution in [0.25, 0.3) is 21.8 Å². The van der Waals surface area contributed by atoms with Crippen molar-refractivity contribution in [1.29, 1.82) is 0 Å². The normalized spacial score (nSPS) is 13.2. The van der Waals surface area contributed by atoms with Gasteiger partial charge < -0.3 is 28.6 Å². The Labute approximate surface area is 255 Å². The number of para-hydroxylation sites is 1. The van der Waals surface area contributed by atoms with Crippen LogP contribution in [-0.2, 0) is 24.4 Å². The number of fused-ring (bicyclic) bond motifs is 2. The second-order valence-corrected chi connectivity index (χ2v) is 17.8. The standard InChI is InChI=1S/C34H45N5O3Si/c1-34(2,3)43(5,6)42-23-28(39-22-30(33(35)40)36-24-39)16-18-38-17-15-25-13-14-29(21-32(25)38)41-19-9-11-27-20-26-10-7-8-12-31(26)37(27)4/h7-8,10,12-15,17,20-22,24,28H,9,11,16,18-19,23H2,1-6H3,(H2,35,40). The summed E-state index contributed by atoms with van der Waals surface area (Å²) in [4.78, 5) is 16.0. The summed E-state index contributed by atoms with van der Waals surface area (Å²) in [6.45, 7) is 13.2. The number of carbonyl (C=O) groups is 1. The second kappa shape index (κ2) is 12.4. The van der Waals surface area contributed by atoms with Crippen LogP contribution in [0.2, 0.25) is 18.1 Å². The fraction of sp³-hybridized carbons (Fsp3) is 0.412. The summed E-state index contributed by atoms with van der Waals surface area (Å²) in [5.41, 5.74) is 9.49. The van der Waals surface area contributed by atoms with Crippen molar-refractivity contribution < 1.29 is 14.0 Å². The summed E-state index contributed by atoms with van der Waals surface area (Å²) in [5, 5.41) is 2.56. The minimum Gasteiger partial charge on any atom is -0.494 e. The molecule has 228 valence electrons. The van der Waals surface area contributed by atoms with Crippen LogP contribution in [0.15, 0.2) is 73.3 Å². The van der Waals surface area contributed by atoms with Gasteiger partial charge in [0.15, 0.2) is 8.32 Å². The Kier molecular flexibility index (Phi) is 8.85. The van der Waals surface area contributed by atoms with E-state index in [-0.39, 0.29) is 16.8 Å². The largest absolute Gasteiger partial charge is 0.494 e. The van der Waals surface area contributed by atoms with E-state index in [0.717, 1.165) is 37.1 Å². The molecular formula is C34H45N5O3Si. The molecule has 3 aromatic heterocycles. The van der Waals surface area contributed by atoms with Crippen LogP contribution in [0, 0.1) is 0 Å². The first-order chi connectivity index (χ1) is 20.4. The highest BCUT2D eigenvalue weighted by Gasteiger charge is 2.37. The van der Waals surface area contributed by atoms with Gasteiger partial charge in [0.2, 0.25) is 0 Å². The quantitative estimate of drug-likeness (QED) is 0.116. The van der Waals surface area contributed by atoms with E-state index < -0.39 is 14.2 Å². The van der Waals surface area contributed by atoms with Gasteiger partial charge in [0.1, 0.15) is 11.4 Å². The summed E-state index contributed by atoms with van der Waals surface area (Å²) in [7, 11) is 0.171. The molecule has 0 aliphatic rings. The Balaban J connectivity index is 1.24. The van der Waals surface area contributed by atoms with Gasteiger partial charge in [-0.1, -0.05) is 39.0 Å². The second-order valence-electron chi connectivity index (χ2n) is 13.0. The van der Waals surface area contributed by atoms with Crippen molar-refractivity contribution in [2.45, 2.75) is 70.8 Å². The first kappa shape index (κ1) is 30.6. The zero-order chi connectivity index (χ0) is 30.8. The number of hydrogen-bond acceptors (Lipinski definition) is 4. The molecular weight excluding hydrogens is 554 g/mol. The lowest BCUT2D eigenvalue weighted by Gasteiger charge is -2.37. The number of amides is 1. The molecule has 2 N–H and O–H groups in total. The summed E-state index contributed by atoms with van der Waals surface area (Å²) in [5.74, 6) is 0.354. The maximum Gasteiger partial charge on any atom is 0.268 e. The first-order valence-electron chi connectivity index (χ1n) is 15.2. The minimum absolute atomic E-state index is 0.0146. The van der Waals surface area contributed by atoms with Crippen molar-refractivity contribution in [3.8, 4) is 5.75 Å². The van der Waals surface area contributed by atoms with Crippen LogP contribution < -0.4 is 10.5 Å². The van der Waals surface area contributed by atoms with Gasteiger partial charge in [-0.15, -0.1) is 0 Å². The van der Waals surface area contributed by atoms with Gasteiger partial charge in [-0.3, -0.25) is 4.79 Å². The van der Waals surface area contributed by atoms with Gasteiger partial charge in [0.25, 0.3) is 5.91 Å². The molecule has 0 fully saturated rings. The van der Waals surface area contributed by atoms with E-state index in [4.69, 9.17) is 14.9 Å². The summed E-state index contributed by atoms with van der Waals surface area (Å²) >= 11 is 0. The molecule has 1 unspecified atom stereocenters. The van der Waals surface area contributed by atoms with Gasteiger partial charge in [0, 0.05) is 43.3 Å². The summed E-state index contributed by atoms with van der Waals surface area (Å²) < 4.78 is 19.3. The first-order valence-corrected chi connectivity index (χ1v) is 18.1. The molecule has 0 radical (unpaired) electrons. The molecule has 0 spiro atoms. The Hall–Kier alpha value is -3.82. The molecule has 0 aliphatic carbocycles. The van der Waals surface area contributed by atoms with Crippen molar-refractivity contribution in [1.82, 2.24) is 18.7 Å². The SMILES string of the molecule is Cn1c(CCCOc2ccc3ccn(CCC(CO[Si](C)(C)C(C)(C)C)n4cnc(C(N)=O)c4)c3c2)cc2ccccc21. The Bertz CT molecular complexity index is 1710. The molecule has 0 saturated heterocycles. The van der Waals surface area contributed by atoms with E-state index in [1.807, 2.05) is 4.57 Å². The van der Waals surface area contributed by atoms with Gasteiger partial charge >= 0.3 is 0 Å². The topological polar surface area (TPSA) is 89.2 Å². The third-order valence-corrected chi connectivity index (χ3v) is 13.6. The summed E-state index contributed by atoms with van der Waals surface area (Å²) in [6, 6.07) is 19.2. The molecule has 0 aliphatic heterocycles. The van der Waals surface area contributed by atoms with E-state index in [0.29, 0.717) is 13.2 Å². The smallest absolute Gasteiger partial charge is 0.268 e. The lowest BCUT2D eigenvalue weighted by Crippen LogP contribution is -2.42. The van der Waals surface area contributed by atoms with E-state index in [9.17, 15) is 4.79 Å². The zero-order valence-electron chi connectivity index (χ0n) is 26.3. The molecule has 1 atom stereocenters. The number of nitrogens with two attached hydrogens (primary N) is 1. The third-order valence-electron chi connectivity index (χ3n) is 9.06. The Morgan fingerprint density at radius 3 is 2.56 bits per heavy atom. The van der Waals surface area contributed by atoms with E-state index in [1.165, 1.54) is 22.0 Å². The van der Waals surface area contributed by atoms with Crippen molar-refractivity contribution in [3.63, 3.8) is 0 Å². The molecule has 0 saturated carbocycles. The molecule has 0 bridgehead atoms. The molecule has 2 aromatic carbocycles. The van der Waals surface area contributed by atoms with Gasteiger partial charge in [0.05, 0.1) is 31.1 Å². The predicted octanol–water partition coefficient (Wildman–Crippen LogP) is 7.09. The lowest BCUT2D eigenvalue weighted by atomic mass is 10.2. The average molecular weight is 600 g/mol. The molecule has 5 aromatic rings. The number of primary amides is 1. The molecule has 8 nitrogen and oxygen atoms in total. The highest BCUT2D eigenvalue weighted by atomic mass is 28.4. The predicted molar refractivity (Wildman–Crippen MR) is 176 cm³/mol. The van der Waals surface area contributed by atoms with Crippen molar-refractivity contribution >= 4 is 36.0 Å². The average Bonchev–Trinajstić information content (AvgIpc) is 3.69. The molecule has 5 rings (SSSR count). The number of imidazole rings is 1. The van der Waals surface area contributed by atoms with Gasteiger partial charge in [-0.05, 0) is 78.5 Å². The van der Waals surface area contributed by atoms with Crippen molar-refractivity contribution in [3.05, 3.63) is 84.7 Å². The minimum atomic E-state index is -1.96. The van der Waals surface area contributed by atoms with Crippen LogP contribution in [-0.4, -0.2) is 46.1 Å². The number of aryl methyl sites for hydroxylation is 3. The molecule has 43 heavy (non-hydrogen) atoms. The van der Waals surface area contributed by atoms with Gasteiger partial charge in [-0.2, -0.15) is 0 Å². The number of benzene rings is 2.